The number of nitrogens with zero attached hydrogens (tertiary/aromatic N) is 1. The second kappa shape index (κ2) is 1.96. The Hall–Kier alpha value is -0.0800. The van der Waals surface area contributed by atoms with Crippen LogP contribution < -0.4 is 0 Å². The van der Waals surface area contributed by atoms with Gasteiger partial charge in [0.15, 0.2) is 0 Å². The van der Waals surface area contributed by atoms with E-state index in [4.69, 9.17) is 5.11 Å². The Morgan fingerprint density at radius 3 is 2.67 bits per heavy atom. The predicted molar refractivity (Wildman–Crippen MR) is 35.1 cm³/mol. The van der Waals surface area contributed by atoms with Crippen LogP contribution in [0.5, 0.6) is 0 Å². The summed E-state index contributed by atoms with van der Waals surface area (Å²) in [5, 5.41) is 8.86. The summed E-state index contributed by atoms with van der Waals surface area (Å²) in [6.45, 7) is 4.09. The van der Waals surface area contributed by atoms with Gasteiger partial charge in [-0.3, -0.25) is 0 Å². The minimum absolute atomic E-state index is 0.404. The first-order valence-corrected chi connectivity index (χ1v) is 3.73. The third-order valence-electron chi connectivity index (χ3n) is 2.70. The highest BCUT2D eigenvalue weighted by molar-refractivity contribution is 4.89. The summed E-state index contributed by atoms with van der Waals surface area (Å²) in [4.78, 5) is 2.45. The minimum Gasteiger partial charge on any atom is -0.396 e. The van der Waals surface area contributed by atoms with Gasteiger partial charge in [0, 0.05) is 19.7 Å². The molecule has 2 saturated heterocycles. The molecule has 2 bridgehead atoms. The van der Waals surface area contributed by atoms with E-state index in [1.165, 1.54) is 19.5 Å². The van der Waals surface area contributed by atoms with Crippen LogP contribution in [0.2, 0.25) is 0 Å². The van der Waals surface area contributed by atoms with Crippen molar-refractivity contribution in [3.63, 3.8) is 0 Å². The van der Waals surface area contributed by atoms with Gasteiger partial charge in [0.25, 0.3) is 0 Å². The van der Waals surface area contributed by atoms with Gasteiger partial charge in [0.2, 0.25) is 0 Å². The molecule has 2 aliphatic heterocycles. The first-order chi connectivity index (χ1) is 4.40. The Kier molecular flexibility index (Phi) is 1.24. The summed E-state index contributed by atoms with van der Waals surface area (Å²) < 4.78 is 0. The lowest BCUT2D eigenvalue weighted by Crippen LogP contribution is -2.25. The van der Waals surface area contributed by atoms with Crippen LogP contribution in [-0.2, 0) is 0 Å². The highest BCUT2D eigenvalue weighted by atomic mass is 16.3. The molecule has 2 aliphatic rings. The summed E-state index contributed by atoms with van der Waals surface area (Å²) in [5.41, 5.74) is 0. The van der Waals surface area contributed by atoms with E-state index in [0.29, 0.717) is 12.5 Å². The second-order valence-corrected chi connectivity index (χ2v) is 3.25. The number of rotatable bonds is 1. The van der Waals surface area contributed by atoms with Gasteiger partial charge in [-0.25, -0.2) is 0 Å². The van der Waals surface area contributed by atoms with Gasteiger partial charge < -0.3 is 10.0 Å². The number of fused-ring (bicyclic) bond motifs is 2. The van der Waals surface area contributed by atoms with E-state index in [1.54, 1.807) is 0 Å². The van der Waals surface area contributed by atoms with Gasteiger partial charge in [-0.15, -0.1) is 0 Å². The average molecular weight is 127 g/mol. The maximum absolute atomic E-state index is 8.86. The number of aliphatic hydroxyl groups excluding tert-OH is 1. The lowest BCUT2D eigenvalue weighted by molar-refractivity contribution is 0.178. The Labute approximate surface area is 55.5 Å². The molecule has 2 fully saturated rings. The zero-order chi connectivity index (χ0) is 6.27. The van der Waals surface area contributed by atoms with Crippen LogP contribution >= 0.6 is 0 Å². The fraction of sp³-hybridized carbons (Fsp3) is 1.00. The van der Waals surface area contributed by atoms with Crippen LogP contribution in [-0.4, -0.2) is 36.2 Å². The van der Waals surface area contributed by atoms with E-state index >= 15 is 0 Å². The molecule has 9 heavy (non-hydrogen) atoms. The standard InChI is InChI=1S/C7H13NO/c9-5-7-4-8-2-1-6(7)3-8/h6-7,9H,1-5H2/t6-,7-/m1/s1. The van der Waals surface area contributed by atoms with Gasteiger partial charge in [-0.1, -0.05) is 0 Å². The fourth-order valence-corrected chi connectivity index (χ4v) is 2.10. The molecule has 52 valence electrons. The molecule has 3 atom stereocenters. The van der Waals surface area contributed by atoms with Crippen LogP contribution in [0.15, 0.2) is 0 Å². The highest BCUT2D eigenvalue weighted by Crippen LogP contribution is 2.31. The Bertz CT molecular complexity index is 115. The topological polar surface area (TPSA) is 23.5 Å². The fourth-order valence-electron chi connectivity index (χ4n) is 2.10. The second-order valence-electron chi connectivity index (χ2n) is 3.25. The molecule has 0 aromatic rings. The summed E-state index contributed by atoms with van der Waals surface area (Å²) in [6, 6.07) is 0. The molecule has 1 unspecified atom stereocenters. The van der Waals surface area contributed by atoms with Crippen LogP contribution in [0.25, 0.3) is 0 Å². The molecule has 0 aromatic heterocycles. The van der Waals surface area contributed by atoms with Crippen LogP contribution in [0.3, 0.4) is 0 Å². The van der Waals surface area contributed by atoms with Gasteiger partial charge in [0.1, 0.15) is 0 Å². The maximum atomic E-state index is 8.86. The molecular weight excluding hydrogens is 114 g/mol. The van der Waals surface area contributed by atoms with Crippen molar-refractivity contribution >= 4 is 0 Å². The quantitative estimate of drug-likeness (QED) is 0.533. The Morgan fingerprint density at radius 2 is 2.33 bits per heavy atom. The summed E-state index contributed by atoms with van der Waals surface area (Å²) in [6.07, 6.45) is 1.32. The number of aliphatic hydroxyl groups is 1. The lowest BCUT2D eigenvalue weighted by atomic mass is 9.94. The van der Waals surface area contributed by atoms with E-state index in [1.807, 2.05) is 0 Å². The van der Waals surface area contributed by atoms with Crippen LogP contribution in [0.4, 0.5) is 0 Å². The molecule has 2 nitrogen and oxygen atoms in total. The van der Waals surface area contributed by atoms with E-state index in [-0.39, 0.29) is 0 Å². The zero-order valence-corrected chi connectivity index (χ0v) is 5.58. The van der Waals surface area contributed by atoms with Crippen molar-refractivity contribution in [3.05, 3.63) is 0 Å². The molecule has 0 aromatic carbocycles. The van der Waals surface area contributed by atoms with Crippen molar-refractivity contribution in [2.24, 2.45) is 11.8 Å². The molecule has 0 radical (unpaired) electrons. The number of piperidine rings is 1. The molecule has 0 saturated carbocycles. The lowest BCUT2D eigenvalue weighted by Gasteiger charge is -2.18. The SMILES string of the molecule is OC[C@H]1CN2CC[C@@H]1C2. The van der Waals surface area contributed by atoms with Gasteiger partial charge in [-0.05, 0) is 24.8 Å². The van der Waals surface area contributed by atoms with Crippen molar-refractivity contribution in [1.29, 1.82) is 0 Å². The van der Waals surface area contributed by atoms with E-state index < -0.39 is 0 Å². The normalized spacial score (nSPS) is 48.3. The van der Waals surface area contributed by atoms with E-state index in [9.17, 15) is 0 Å². The molecule has 0 aliphatic carbocycles. The summed E-state index contributed by atoms with van der Waals surface area (Å²) >= 11 is 0. The minimum atomic E-state index is 0.404. The van der Waals surface area contributed by atoms with Gasteiger partial charge in [0.05, 0.1) is 0 Å². The van der Waals surface area contributed by atoms with Crippen molar-refractivity contribution < 1.29 is 5.11 Å². The van der Waals surface area contributed by atoms with E-state index in [2.05, 4.69) is 4.90 Å². The van der Waals surface area contributed by atoms with Crippen LogP contribution in [0, 0.1) is 11.8 Å². The van der Waals surface area contributed by atoms with Crippen molar-refractivity contribution in [2.75, 3.05) is 26.2 Å². The molecule has 0 spiro atoms. The summed E-state index contributed by atoms with van der Waals surface area (Å²) in [5.74, 6) is 1.44. The van der Waals surface area contributed by atoms with E-state index in [0.717, 1.165) is 12.5 Å². The molecule has 2 heterocycles. The van der Waals surface area contributed by atoms with Crippen LogP contribution in [0.1, 0.15) is 6.42 Å². The number of hydrogen-bond donors (Lipinski definition) is 1. The zero-order valence-electron chi connectivity index (χ0n) is 5.58. The Morgan fingerprint density at radius 1 is 1.44 bits per heavy atom. The first kappa shape index (κ1) is 5.69. The predicted octanol–water partition coefficient (Wildman–Crippen LogP) is -0.0696. The van der Waals surface area contributed by atoms with Crippen molar-refractivity contribution in [2.45, 2.75) is 6.42 Å². The van der Waals surface area contributed by atoms with Gasteiger partial charge >= 0.3 is 0 Å². The molecule has 2 heteroatoms. The average Bonchev–Trinajstić information content (AvgIpc) is 2.45. The first-order valence-electron chi connectivity index (χ1n) is 3.73. The maximum Gasteiger partial charge on any atom is 0.0474 e. The monoisotopic (exact) mass is 127 g/mol. The highest BCUT2D eigenvalue weighted by Gasteiger charge is 2.36. The number of hydrogen-bond acceptors (Lipinski definition) is 2. The van der Waals surface area contributed by atoms with Gasteiger partial charge in [-0.2, -0.15) is 0 Å². The molecule has 1 N–H and O–H groups in total. The molecule has 0 amide bonds. The largest absolute Gasteiger partial charge is 0.396 e. The third kappa shape index (κ3) is 0.775. The Balaban J connectivity index is 2.01. The molecule has 2 rings (SSSR count). The third-order valence-corrected chi connectivity index (χ3v) is 2.70. The molecular formula is C7H13NO. The van der Waals surface area contributed by atoms with Crippen molar-refractivity contribution in [1.82, 2.24) is 4.90 Å². The van der Waals surface area contributed by atoms with Crippen molar-refractivity contribution in [3.8, 4) is 0 Å². The smallest absolute Gasteiger partial charge is 0.0474 e. The summed E-state index contributed by atoms with van der Waals surface area (Å²) in [7, 11) is 0.